The number of aromatic amines is 1. The Morgan fingerprint density at radius 2 is 2.20 bits per heavy atom. The van der Waals surface area contributed by atoms with Crippen molar-refractivity contribution in [1.29, 1.82) is 0 Å². The molecule has 2 heterocycles. The predicted octanol–water partition coefficient (Wildman–Crippen LogP) is 2.98. The molecular weight excluding hydrogens is 414 g/mol. The van der Waals surface area contributed by atoms with Crippen molar-refractivity contribution >= 4 is 55.7 Å². The van der Waals surface area contributed by atoms with Crippen LogP contribution >= 0.6 is 34.8 Å². The zero-order chi connectivity index (χ0) is 14.7. The van der Waals surface area contributed by atoms with Crippen LogP contribution in [0.15, 0.2) is 12.1 Å². The van der Waals surface area contributed by atoms with E-state index in [1.807, 2.05) is 29.5 Å². The third-order valence-electron chi connectivity index (χ3n) is 3.75. The van der Waals surface area contributed by atoms with E-state index in [2.05, 4.69) is 4.98 Å². The molecular formula is C12H12FIN2O2S2. The number of sulfone groups is 1. The van der Waals surface area contributed by atoms with Crippen molar-refractivity contribution in [3.63, 3.8) is 0 Å². The SMILES string of the molecule is CC1(n2c(=S)[nH]c3cc(I)c(F)cc32)CCS(=O)(=O)C1. The van der Waals surface area contributed by atoms with Crippen molar-refractivity contribution in [3.8, 4) is 0 Å². The second-order valence-electron chi connectivity index (χ2n) is 5.39. The predicted molar refractivity (Wildman–Crippen MR) is 86.7 cm³/mol. The second-order valence-corrected chi connectivity index (χ2v) is 9.12. The molecule has 0 spiro atoms. The molecule has 2 aromatic rings. The number of benzene rings is 1. The summed E-state index contributed by atoms with van der Waals surface area (Å²) < 4.78 is 40.1. The standard InChI is InChI=1S/C12H12FIN2O2S2/c1-12(2-3-20(17,18)6-12)16-10-4-7(13)8(14)5-9(10)15-11(16)19/h4-5H,2-3,6H2,1H3,(H,15,19). The number of hydrogen-bond donors (Lipinski definition) is 1. The first-order valence-corrected chi connectivity index (χ1v) is 9.33. The Morgan fingerprint density at radius 1 is 1.50 bits per heavy atom. The number of halogens is 2. The lowest BCUT2D eigenvalue weighted by atomic mass is 10.0. The van der Waals surface area contributed by atoms with Crippen molar-refractivity contribution in [1.82, 2.24) is 9.55 Å². The quantitative estimate of drug-likeness (QED) is 0.564. The van der Waals surface area contributed by atoms with Crippen LogP contribution < -0.4 is 0 Å². The molecule has 1 aliphatic heterocycles. The molecule has 1 fully saturated rings. The molecule has 0 amide bonds. The Balaban J connectivity index is 2.30. The summed E-state index contributed by atoms with van der Waals surface area (Å²) in [5, 5.41) is 0. The van der Waals surface area contributed by atoms with Gasteiger partial charge in [-0.25, -0.2) is 12.8 Å². The van der Waals surface area contributed by atoms with Gasteiger partial charge in [-0.05, 0) is 54.2 Å². The highest BCUT2D eigenvalue weighted by molar-refractivity contribution is 14.1. The number of hydrogen-bond acceptors (Lipinski definition) is 3. The first-order valence-electron chi connectivity index (χ1n) is 6.03. The molecule has 108 valence electrons. The normalized spacial score (nSPS) is 25.4. The molecule has 1 aliphatic rings. The molecule has 3 rings (SSSR count). The Kier molecular flexibility index (Phi) is 3.26. The summed E-state index contributed by atoms with van der Waals surface area (Å²) in [6.07, 6.45) is 0.490. The van der Waals surface area contributed by atoms with Gasteiger partial charge in [-0.3, -0.25) is 0 Å². The van der Waals surface area contributed by atoms with Crippen LogP contribution in [0.5, 0.6) is 0 Å². The maximum absolute atomic E-state index is 13.8. The van der Waals surface area contributed by atoms with Crippen LogP contribution in [0, 0.1) is 14.2 Å². The minimum absolute atomic E-state index is 0.0366. The molecule has 1 aromatic carbocycles. The zero-order valence-electron chi connectivity index (χ0n) is 10.6. The summed E-state index contributed by atoms with van der Waals surface area (Å²) in [4.78, 5) is 3.04. The summed E-state index contributed by atoms with van der Waals surface area (Å²) in [5.74, 6) is -0.148. The molecule has 20 heavy (non-hydrogen) atoms. The van der Waals surface area contributed by atoms with Gasteiger partial charge in [0.2, 0.25) is 0 Å². The van der Waals surface area contributed by atoms with Gasteiger partial charge >= 0.3 is 0 Å². The summed E-state index contributed by atoms with van der Waals surface area (Å²) in [6, 6.07) is 3.10. The summed E-state index contributed by atoms with van der Waals surface area (Å²) in [6.45, 7) is 1.86. The zero-order valence-corrected chi connectivity index (χ0v) is 14.4. The van der Waals surface area contributed by atoms with E-state index in [0.717, 1.165) is 5.52 Å². The molecule has 1 atom stereocenters. The van der Waals surface area contributed by atoms with Crippen LogP contribution in [0.3, 0.4) is 0 Å². The number of aromatic nitrogens is 2. The maximum atomic E-state index is 13.8. The monoisotopic (exact) mass is 426 g/mol. The Labute approximate surface area is 134 Å². The van der Waals surface area contributed by atoms with Crippen molar-refractivity contribution < 1.29 is 12.8 Å². The fourth-order valence-electron chi connectivity index (χ4n) is 2.81. The molecule has 8 heteroatoms. The van der Waals surface area contributed by atoms with Crippen molar-refractivity contribution in [2.45, 2.75) is 18.9 Å². The highest BCUT2D eigenvalue weighted by atomic mass is 127. The molecule has 1 saturated heterocycles. The van der Waals surface area contributed by atoms with E-state index < -0.39 is 15.4 Å². The highest BCUT2D eigenvalue weighted by Gasteiger charge is 2.41. The number of H-pyrrole nitrogens is 1. The van der Waals surface area contributed by atoms with E-state index in [1.54, 1.807) is 10.6 Å². The molecule has 0 radical (unpaired) electrons. The lowest BCUT2D eigenvalue weighted by molar-refractivity contribution is 0.371. The van der Waals surface area contributed by atoms with E-state index in [0.29, 0.717) is 20.3 Å². The summed E-state index contributed by atoms with van der Waals surface area (Å²) in [5.41, 5.74) is 0.728. The fourth-order valence-corrected chi connectivity index (χ4v) is 5.82. The summed E-state index contributed by atoms with van der Waals surface area (Å²) >= 11 is 7.23. The van der Waals surface area contributed by atoms with Gasteiger partial charge in [0.15, 0.2) is 14.6 Å². The number of rotatable bonds is 1. The third kappa shape index (κ3) is 2.21. The van der Waals surface area contributed by atoms with Crippen molar-refractivity contribution in [2.75, 3.05) is 11.5 Å². The van der Waals surface area contributed by atoms with E-state index in [-0.39, 0.29) is 17.3 Å². The lowest BCUT2D eigenvalue weighted by Crippen LogP contribution is -2.31. The number of nitrogens with zero attached hydrogens (tertiary/aromatic N) is 1. The number of fused-ring (bicyclic) bond motifs is 1. The second kappa shape index (κ2) is 4.51. The van der Waals surface area contributed by atoms with Crippen LogP contribution in [0.25, 0.3) is 11.0 Å². The lowest BCUT2D eigenvalue weighted by Gasteiger charge is -2.25. The van der Waals surface area contributed by atoms with E-state index in [4.69, 9.17) is 12.2 Å². The van der Waals surface area contributed by atoms with Crippen LogP contribution in [-0.2, 0) is 15.4 Å². The molecule has 1 aromatic heterocycles. The maximum Gasteiger partial charge on any atom is 0.178 e. The van der Waals surface area contributed by atoms with Crippen molar-refractivity contribution in [3.05, 3.63) is 26.3 Å². The molecule has 0 bridgehead atoms. The largest absolute Gasteiger partial charge is 0.331 e. The van der Waals surface area contributed by atoms with Crippen LogP contribution in [0.4, 0.5) is 4.39 Å². The van der Waals surface area contributed by atoms with Gasteiger partial charge in [-0.1, -0.05) is 0 Å². The first-order chi connectivity index (χ1) is 9.22. The van der Waals surface area contributed by atoms with Crippen LogP contribution in [0.2, 0.25) is 0 Å². The highest BCUT2D eigenvalue weighted by Crippen LogP contribution is 2.34. The van der Waals surface area contributed by atoms with E-state index in [1.165, 1.54) is 6.07 Å². The van der Waals surface area contributed by atoms with E-state index >= 15 is 0 Å². The van der Waals surface area contributed by atoms with Crippen molar-refractivity contribution in [2.24, 2.45) is 0 Å². The van der Waals surface area contributed by atoms with Gasteiger partial charge in [0.05, 0.1) is 31.6 Å². The smallest absolute Gasteiger partial charge is 0.178 e. The Hall–Kier alpha value is -0.480. The van der Waals surface area contributed by atoms with Gasteiger partial charge in [0.1, 0.15) is 5.82 Å². The molecule has 0 aliphatic carbocycles. The molecule has 0 saturated carbocycles. The fraction of sp³-hybridized carbons (Fsp3) is 0.417. The Morgan fingerprint density at radius 3 is 2.80 bits per heavy atom. The average molecular weight is 426 g/mol. The van der Waals surface area contributed by atoms with Gasteiger partial charge in [-0.2, -0.15) is 0 Å². The number of imidazole rings is 1. The van der Waals surface area contributed by atoms with Gasteiger partial charge in [0.25, 0.3) is 0 Å². The molecule has 1 N–H and O–H groups in total. The van der Waals surface area contributed by atoms with Gasteiger partial charge in [0, 0.05) is 6.07 Å². The third-order valence-corrected chi connectivity index (χ3v) is 6.75. The van der Waals surface area contributed by atoms with Crippen LogP contribution in [-0.4, -0.2) is 29.5 Å². The van der Waals surface area contributed by atoms with Crippen LogP contribution in [0.1, 0.15) is 13.3 Å². The van der Waals surface area contributed by atoms with E-state index in [9.17, 15) is 12.8 Å². The minimum atomic E-state index is -3.06. The number of nitrogens with one attached hydrogen (secondary N) is 1. The average Bonchev–Trinajstić information content (AvgIpc) is 2.77. The minimum Gasteiger partial charge on any atom is -0.331 e. The summed E-state index contributed by atoms with van der Waals surface area (Å²) in [7, 11) is -3.06. The molecule has 4 nitrogen and oxygen atoms in total. The molecule has 1 unspecified atom stereocenters. The first kappa shape index (κ1) is 14.5. The van der Waals surface area contributed by atoms with Gasteiger partial charge < -0.3 is 9.55 Å². The topological polar surface area (TPSA) is 54.9 Å². The van der Waals surface area contributed by atoms with Gasteiger partial charge in [-0.15, -0.1) is 0 Å². The Bertz CT molecular complexity index is 871.